The Kier molecular flexibility index (Phi) is 5.80. The highest BCUT2D eigenvalue weighted by Crippen LogP contribution is 2.19. The van der Waals surface area contributed by atoms with Gasteiger partial charge in [0.15, 0.2) is 11.7 Å². The summed E-state index contributed by atoms with van der Waals surface area (Å²) in [5, 5.41) is 15.2. The summed E-state index contributed by atoms with van der Waals surface area (Å²) in [5.74, 6) is 1.97. The molecule has 1 saturated heterocycles. The smallest absolute Gasteiger partial charge is 0.191 e. The highest BCUT2D eigenvalue weighted by molar-refractivity contribution is 5.80. The van der Waals surface area contributed by atoms with Crippen molar-refractivity contribution in [3.05, 3.63) is 29.9 Å². The molecule has 1 fully saturated rings. The van der Waals surface area contributed by atoms with Crippen molar-refractivity contribution in [3.8, 4) is 0 Å². The lowest BCUT2D eigenvalue weighted by Crippen LogP contribution is -2.51. The van der Waals surface area contributed by atoms with Crippen LogP contribution in [0.2, 0.25) is 0 Å². The number of rotatable bonds is 5. The van der Waals surface area contributed by atoms with Crippen molar-refractivity contribution in [1.29, 1.82) is 0 Å². The first-order valence-electron chi connectivity index (χ1n) is 9.21. The first-order valence-corrected chi connectivity index (χ1v) is 9.21. The second kappa shape index (κ2) is 8.25. The van der Waals surface area contributed by atoms with E-state index in [0.717, 1.165) is 43.3 Å². The largest absolute Gasteiger partial charge is 0.367 e. The fourth-order valence-corrected chi connectivity index (χ4v) is 3.14. The molecular weight excluding hydrogens is 330 g/mol. The summed E-state index contributed by atoms with van der Waals surface area (Å²) < 4.78 is 7.22. The third-order valence-corrected chi connectivity index (χ3v) is 4.64. The summed E-state index contributed by atoms with van der Waals surface area (Å²) >= 11 is 0. The Morgan fingerprint density at radius 3 is 2.96 bits per heavy atom. The van der Waals surface area contributed by atoms with Crippen molar-refractivity contribution in [3.63, 3.8) is 0 Å². The van der Waals surface area contributed by atoms with Crippen LogP contribution in [0.15, 0.2) is 28.0 Å². The van der Waals surface area contributed by atoms with Gasteiger partial charge in [-0.05, 0) is 18.8 Å². The van der Waals surface area contributed by atoms with Crippen molar-refractivity contribution in [1.82, 2.24) is 25.6 Å². The van der Waals surface area contributed by atoms with Crippen LogP contribution < -0.4 is 15.5 Å². The number of aliphatic imine (C=N–C) groups is 1. The minimum absolute atomic E-state index is 0.344. The molecule has 0 saturated carbocycles. The van der Waals surface area contributed by atoms with Crippen molar-refractivity contribution in [2.45, 2.75) is 45.2 Å². The second-order valence-electron chi connectivity index (χ2n) is 7.10. The first-order chi connectivity index (χ1) is 12.5. The van der Waals surface area contributed by atoms with Gasteiger partial charge in [-0.2, -0.15) is 5.10 Å². The van der Waals surface area contributed by atoms with Gasteiger partial charge in [-0.25, -0.2) is 0 Å². The number of nitrogens with one attached hydrogen (secondary N) is 2. The van der Waals surface area contributed by atoms with Gasteiger partial charge in [0.1, 0.15) is 0 Å². The molecule has 8 nitrogen and oxygen atoms in total. The summed E-state index contributed by atoms with van der Waals surface area (Å²) in [6.45, 7) is 6.77. The second-order valence-corrected chi connectivity index (χ2v) is 7.10. The zero-order valence-electron chi connectivity index (χ0n) is 16.1. The molecule has 1 unspecified atom stereocenters. The fraction of sp³-hybridized carbons (Fsp3) is 0.611. The third-order valence-electron chi connectivity index (χ3n) is 4.64. The van der Waals surface area contributed by atoms with Gasteiger partial charge in [0.25, 0.3) is 0 Å². The van der Waals surface area contributed by atoms with Gasteiger partial charge in [0.05, 0.1) is 24.1 Å². The van der Waals surface area contributed by atoms with E-state index < -0.39 is 0 Å². The maximum absolute atomic E-state index is 5.38. The zero-order valence-corrected chi connectivity index (χ0v) is 16.1. The van der Waals surface area contributed by atoms with Gasteiger partial charge in [-0.15, -0.1) is 0 Å². The SMILES string of the molecule is CN=C(NCc1cc(C(C)C)no1)NC1CCCN(c2cnn(C)c2)C1. The minimum Gasteiger partial charge on any atom is -0.367 e. The summed E-state index contributed by atoms with van der Waals surface area (Å²) in [5.41, 5.74) is 2.15. The van der Waals surface area contributed by atoms with Crippen molar-refractivity contribution in [2.24, 2.45) is 12.0 Å². The lowest BCUT2D eigenvalue weighted by molar-refractivity contribution is 0.371. The van der Waals surface area contributed by atoms with Gasteiger partial charge < -0.3 is 20.1 Å². The molecule has 0 aromatic carbocycles. The topological polar surface area (TPSA) is 83.5 Å². The van der Waals surface area contributed by atoms with Crippen molar-refractivity contribution in [2.75, 3.05) is 25.0 Å². The molecular formula is C18H29N7O. The maximum atomic E-state index is 5.38. The Morgan fingerprint density at radius 2 is 2.31 bits per heavy atom. The van der Waals surface area contributed by atoms with Gasteiger partial charge in [-0.3, -0.25) is 9.67 Å². The van der Waals surface area contributed by atoms with Crippen LogP contribution in [0.4, 0.5) is 5.69 Å². The van der Waals surface area contributed by atoms with E-state index in [4.69, 9.17) is 4.52 Å². The molecule has 0 spiro atoms. The Hall–Kier alpha value is -2.51. The molecule has 26 heavy (non-hydrogen) atoms. The quantitative estimate of drug-likeness (QED) is 0.626. The van der Waals surface area contributed by atoms with E-state index in [1.807, 2.05) is 24.0 Å². The monoisotopic (exact) mass is 359 g/mol. The normalized spacial score (nSPS) is 18.4. The van der Waals surface area contributed by atoms with E-state index in [1.165, 1.54) is 5.69 Å². The number of hydrogen-bond acceptors (Lipinski definition) is 5. The standard InChI is InChI=1S/C18H29N7O/c1-13(2)17-8-16(26-23-17)10-20-18(19-3)22-14-6-5-7-25(11-14)15-9-21-24(4)12-15/h8-9,12-14H,5-7,10-11H2,1-4H3,(H2,19,20,22). The molecule has 2 aromatic rings. The first kappa shape index (κ1) is 18.3. The number of aromatic nitrogens is 3. The minimum atomic E-state index is 0.344. The van der Waals surface area contributed by atoms with Gasteiger partial charge in [0, 0.05) is 45.5 Å². The number of hydrogen-bond donors (Lipinski definition) is 2. The van der Waals surface area contributed by atoms with Crippen LogP contribution in [-0.2, 0) is 13.6 Å². The third kappa shape index (κ3) is 4.56. The van der Waals surface area contributed by atoms with E-state index in [0.29, 0.717) is 18.5 Å². The molecule has 0 bridgehead atoms. The molecule has 0 radical (unpaired) electrons. The predicted octanol–water partition coefficient (Wildman–Crippen LogP) is 1.87. The number of nitrogens with zero attached hydrogens (tertiary/aromatic N) is 5. The van der Waals surface area contributed by atoms with Crippen LogP contribution in [-0.4, -0.2) is 47.1 Å². The molecule has 0 aliphatic carbocycles. The van der Waals surface area contributed by atoms with Crippen molar-refractivity contribution < 1.29 is 4.52 Å². The van der Waals surface area contributed by atoms with Crippen LogP contribution in [0.25, 0.3) is 0 Å². The average Bonchev–Trinajstić information content (AvgIpc) is 3.28. The Labute approximate surface area is 154 Å². The van der Waals surface area contributed by atoms with Crippen LogP contribution in [0.3, 0.4) is 0 Å². The molecule has 8 heteroatoms. The zero-order chi connectivity index (χ0) is 18.5. The molecule has 0 amide bonds. The number of guanidine groups is 1. The van der Waals surface area contributed by atoms with Crippen molar-refractivity contribution >= 4 is 11.6 Å². The molecule has 3 heterocycles. The van der Waals surface area contributed by atoms with E-state index in [-0.39, 0.29) is 0 Å². The average molecular weight is 359 g/mol. The summed E-state index contributed by atoms with van der Waals surface area (Å²) in [6.07, 6.45) is 6.25. The number of anilines is 1. The lowest BCUT2D eigenvalue weighted by Gasteiger charge is -2.34. The summed E-state index contributed by atoms with van der Waals surface area (Å²) in [4.78, 5) is 6.71. The molecule has 1 aliphatic heterocycles. The van der Waals surface area contributed by atoms with E-state index in [9.17, 15) is 0 Å². The Morgan fingerprint density at radius 1 is 1.46 bits per heavy atom. The van der Waals surface area contributed by atoms with Gasteiger partial charge >= 0.3 is 0 Å². The number of aryl methyl sites for hydroxylation is 1. The highest BCUT2D eigenvalue weighted by Gasteiger charge is 2.22. The predicted molar refractivity (Wildman–Crippen MR) is 102 cm³/mol. The molecule has 1 aliphatic rings. The van der Waals surface area contributed by atoms with E-state index >= 15 is 0 Å². The van der Waals surface area contributed by atoms with Gasteiger partial charge in [0.2, 0.25) is 0 Å². The van der Waals surface area contributed by atoms with Gasteiger partial charge in [-0.1, -0.05) is 19.0 Å². The highest BCUT2D eigenvalue weighted by atomic mass is 16.5. The Balaban J connectivity index is 1.52. The summed E-state index contributed by atoms with van der Waals surface area (Å²) in [6, 6.07) is 2.34. The molecule has 1 atom stereocenters. The van der Waals surface area contributed by atoms with Crippen LogP contribution >= 0.6 is 0 Å². The van der Waals surface area contributed by atoms with Crippen LogP contribution in [0, 0.1) is 0 Å². The fourth-order valence-electron chi connectivity index (χ4n) is 3.14. The molecule has 2 aromatic heterocycles. The molecule has 3 rings (SSSR count). The molecule has 142 valence electrons. The van der Waals surface area contributed by atoms with E-state index in [2.05, 4.69) is 50.8 Å². The Bertz CT molecular complexity index is 733. The molecule has 2 N–H and O–H groups in total. The van der Waals surface area contributed by atoms with E-state index in [1.54, 1.807) is 7.05 Å². The summed E-state index contributed by atoms with van der Waals surface area (Å²) in [7, 11) is 3.74. The number of piperidine rings is 1. The maximum Gasteiger partial charge on any atom is 0.191 e. The van der Waals surface area contributed by atoms with Crippen LogP contribution in [0.5, 0.6) is 0 Å². The lowest BCUT2D eigenvalue weighted by atomic mass is 10.1. The van der Waals surface area contributed by atoms with Crippen LogP contribution in [0.1, 0.15) is 44.1 Å².